The van der Waals surface area contributed by atoms with Crippen LogP contribution < -0.4 is 21.1 Å². The second-order valence-electron chi connectivity index (χ2n) is 7.76. The standard InChI is InChI=1S/C23H30N6O2/c1-15-3-4-17(23(25)26)13-21(15)27-14-22(30)28-18-5-7-19(8-6-18)31-20-9-11-29(12-10-20)16(2)24/h3-8,13,20,24,27H,9-12,14H2,1-2H3,(H3,25,26)(H,28,30). The molecule has 8 nitrogen and oxygen atoms in total. The Balaban J connectivity index is 1.47. The zero-order valence-electron chi connectivity index (χ0n) is 18.0. The fraction of sp³-hybridized carbons (Fsp3) is 0.348. The summed E-state index contributed by atoms with van der Waals surface area (Å²) in [5.41, 5.74) is 8.59. The summed E-state index contributed by atoms with van der Waals surface area (Å²) >= 11 is 0. The number of rotatable bonds is 7. The summed E-state index contributed by atoms with van der Waals surface area (Å²) in [6.07, 6.45) is 1.93. The van der Waals surface area contributed by atoms with Crippen LogP contribution in [0.4, 0.5) is 11.4 Å². The number of nitrogen functional groups attached to an aromatic ring is 1. The predicted molar refractivity (Wildman–Crippen MR) is 124 cm³/mol. The third-order valence-corrected chi connectivity index (χ3v) is 5.35. The van der Waals surface area contributed by atoms with Crippen molar-refractivity contribution in [2.45, 2.75) is 32.8 Å². The molecule has 1 saturated heterocycles. The molecule has 1 amide bonds. The fourth-order valence-electron chi connectivity index (χ4n) is 3.48. The van der Waals surface area contributed by atoms with Crippen LogP contribution in [0.5, 0.6) is 5.75 Å². The average molecular weight is 423 g/mol. The molecule has 1 aliphatic heterocycles. The number of amides is 1. The van der Waals surface area contributed by atoms with Gasteiger partial charge in [-0.2, -0.15) is 0 Å². The maximum absolute atomic E-state index is 12.3. The smallest absolute Gasteiger partial charge is 0.243 e. The number of benzene rings is 2. The first-order valence-corrected chi connectivity index (χ1v) is 10.4. The highest BCUT2D eigenvalue weighted by molar-refractivity contribution is 5.97. The molecular weight excluding hydrogens is 392 g/mol. The molecule has 2 aromatic rings. The molecule has 8 heteroatoms. The van der Waals surface area contributed by atoms with Gasteiger partial charge in [0.05, 0.1) is 12.4 Å². The van der Waals surface area contributed by atoms with Gasteiger partial charge in [-0.25, -0.2) is 0 Å². The summed E-state index contributed by atoms with van der Waals surface area (Å²) in [6.45, 7) is 5.53. The molecule has 2 aromatic carbocycles. The van der Waals surface area contributed by atoms with Crippen molar-refractivity contribution >= 4 is 29.0 Å². The number of piperidine rings is 1. The molecule has 0 saturated carbocycles. The summed E-state index contributed by atoms with van der Waals surface area (Å²) in [4.78, 5) is 14.4. The van der Waals surface area contributed by atoms with E-state index in [4.69, 9.17) is 21.3 Å². The molecular formula is C23H30N6O2. The van der Waals surface area contributed by atoms with Crippen molar-refractivity contribution in [3.8, 4) is 5.75 Å². The second-order valence-corrected chi connectivity index (χ2v) is 7.76. The number of amidine groups is 2. The molecule has 31 heavy (non-hydrogen) atoms. The molecule has 164 valence electrons. The SMILES string of the molecule is CC(=N)N1CCC(Oc2ccc(NC(=O)CNc3cc(C(=N)N)ccc3C)cc2)CC1. The van der Waals surface area contributed by atoms with E-state index in [1.807, 2.05) is 44.2 Å². The largest absolute Gasteiger partial charge is 0.490 e. The van der Waals surface area contributed by atoms with Gasteiger partial charge in [-0.15, -0.1) is 0 Å². The van der Waals surface area contributed by atoms with Crippen LogP contribution >= 0.6 is 0 Å². The van der Waals surface area contributed by atoms with Gasteiger partial charge in [-0.3, -0.25) is 15.6 Å². The van der Waals surface area contributed by atoms with Crippen LogP contribution in [-0.2, 0) is 4.79 Å². The number of anilines is 2. The van der Waals surface area contributed by atoms with Crippen molar-refractivity contribution in [3.63, 3.8) is 0 Å². The van der Waals surface area contributed by atoms with Gasteiger partial charge in [0, 0.05) is 42.9 Å². The van der Waals surface area contributed by atoms with Crippen LogP contribution in [0.1, 0.15) is 30.9 Å². The molecule has 1 aliphatic rings. The van der Waals surface area contributed by atoms with E-state index in [0.29, 0.717) is 17.1 Å². The lowest BCUT2D eigenvalue weighted by molar-refractivity contribution is -0.114. The summed E-state index contributed by atoms with van der Waals surface area (Å²) in [5, 5.41) is 21.2. The van der Waals surface area contributed by atoms with Gasteiger partial charge in [0.25, 0.3) is 0 Å². The molecule has 3 rings (SSSR count). The van der Waals surface area contributed by atoms with Crippen molar-refractivity contribution in [1.82, 2.24) is 4.90 Å². The van der Waals surface area contributed by atoms with E-state index in [2.05, 4.69) is 15.5 Å². The zero-order valence-corrected chi connectivity index (χ0v) is 18.0. The molecule has 0 radical (unpaired) electrons. The Labute approximate surface area is 182 Å². The zero-order chi connectivity index (χ0) is 22.4. The van der Waals surface area contributed by atoms with Crippen LogP contribution in [0.25, 0.3) is 0 Å². The molecule has 0 bridgehead atoms. The minimum Gasteiger partial charge on any atom is -0.490 e. The van der Waals surface area contributed by atoms with Crippen LogP contribution in [-0.4, -0.2) is 48.2 Å². The monoisotopic (exact) mass is 422 g/mol. The van der Waals surface area contributed by atoms with E-state index in [1.54, 1.807) is 12.1 Å². The second kappa shape index (κ2) is 9.97. The molecule has 0 spiro atoms. The number of carbonyl (C=O) groups excluding carboxylic acids is 1. The maximum atomic E-state index is 12.3. The van der Waals surface area contributed by atoms with Crippen molar-refractivity contribution in [3.05, 3.63) is 53.6 Å². The molecule has 1 fully saturated rings. The van der Waals surface area contributed by atoms with Gasteiger partial charge >= 0.3 is 0 Å². The third kappa shape index (κ3) is 6.21. The van der Waals surface area contributed by atoms with Gasteiger partial charge in [0.15, 0.2) is 0 Å². The lowest BCUT2D eigenvalue weighted by Crippen LogP contribution is -2.40. The van der Waals surface area contributed by atoms with Crippen molar-refractivity contribution in [2.24, 2.45) is 5.73 Å². The Bertz CT molecular complexity index is 949. The number of hydrogen-bond donors (Lipinski definition) is 5. The van der Waals surface area contributed by atoms with Crippen molar-refractivity contribution in [1.29, 1.82) is 10.8 Å². The predicted octanol–water partition coefficient (Wildman–Crippen LogP) is 3.17. The number of hydrogen-bond acceptors (Lipinski definition) is 5. The third-order valence-electron chi connectivity index (χ3n) is 5.35. The normalized spacial score (nSPS) is 14.1. The number of nitrogens with one attached hydrogen (secondary N) is 4. The van der Waals surface area contributed by atoms with Crippen LogP contribution in [0.3, 0.4) is 0 Å². The van der Waals surface area contributed by atoms with Gasteiger partial charge in [-0.1, -0.05) is 12.1 Å². The van der Waals surface area contributed by atoms with E-state index in [9.17, 15) is 4.79 Å². The molecule has 1 heterocycles. The fourth-order valence-corrected chi connectivity index (χ4v) is 3.48. The molecule has 0 aromatic heterocycles. The highest BCUT2D eigenvalue weighted by atomic mass is 16.5. The number of likely N-dealkylation sites (tertiary alicyclic amines) is 1. The first-order chi connectivity index (χ1) is 14.8. The molecule has 6 N–H and O–H groups in total. The summed E-state index contributed by atoms with van der Waals surface area (Å²) in [7, 11) is 0. The quantitative estimate of drug-likeness (QED) is 0.346. The first-order valence-electron chi connectivity index (χ1n) is 10.4. The lowest BCUT2D eigenvalue weighted by Gasteiger charge is -2.32. The van der Waals surface area contributed by atoms with Crippen molar-refractivity contribution in [2.75, 3.05) is 30.3 Å². The van der Waals surface area contributed by atoms with E-state index in [-0.39, 0.29) is 24.4 Å². The molecule has 0 aliphatic carbocycles. The van der Waals surface area contributed by atoms with Crippen molar-refractivity contribution < 1.29 is 9.53 Å². The van der Waals surface area contributed by atoms with Crippen LogP contribution in [0.15, 0.2) is 42.5 Å². The number of carbonyl (C=O) groups is 1. The Hall–Kier alpha value is -3.55. The number of nitrogens with two attached hydrogens (primary N) is 1. The lowest BCUT2D eigenvalue weighted by atomic mass is 10.1. The maximum Gasteiger partial charge on any atom is 0.243 e. The van der Waals surface area contributed by atoms with Gasteiger partial charge in [0.1, 0.15) is 17.7 Å². The van der Waals surface area contributed by atoms with E-state index in [0.717, 1.165) is 42.9 Å². The number of ether oxygens (including phenoxy) is 1. The molecule has 0 atom stereocenters. The highest BCUT2D eigenvalue weighted by Gasteiger charge is 2.20. The minimum atomic E-state index is -0.171. The summed E-state index contributed by atoms with van der Waals surface area (Å²) in [6, 6.07) is 12.8. The first kappa shape index (κ1) is 22.1. The van der Waals surface area contributed by atoms with Crippen LogP contribution in [0, 0.1) is 17.7 Å². The summed E-state index contributed by atoms with van der Waals surface area (Å²) < 4.78 is 6.04. The molecule has 0 unspecified atom stereocenters. The van der Waals surface area contributed by atoms with E-state index >= 15 is 0 Å². The highest BCUT2D eigenvalue weighted by Crippen LogP contribution is 2.21. The van der Waals surface area contributed by atoms with E-state index < -0.39 is 0 Å². The Morgan fingerprint density at radius 2 is 1.84 bits per heavy atom. The topological polar surface area (TPSA) is 127 Å². The minimum absolute atomic E-state index is 0.00908. The van der Waals surface area contributed by atoms with Gasteiger partial charge in [0.2, 0.25) is 5.91 Å². The number of nitrogens with zero attached hydrogens (tertiary/aromatic N) is 1. The Morgan fingerprint density at radius 3 is 2.45 bits per heavy atom. The summed E-state index contributed by atoms with van der Waals surface area (Å²) in [5.74, 6) is 1.20. The number of aryl methyl sites for hydroxylation is 1. The van der Waals surface area contributed by atoms with Crippen LogP contribution in [0.2, 0.25) is 0 Å². The Kier molecular flexibility index (Phi) is 7.12. The Morgan fingerprint density at radius 1 is 1.16 bits per heavy atom. The van der Waals surface area contributed by atoms with E-state index in [1.165, 1.54) is 0 Å². The average Bonchev–Trinajstić information content (AvgIpc) is 2.75. The van der Waals surface area contributed by atoms with Gasteiger partial charge < -0.3 is 26.0 Å². The van der Waals surface area contributed by atoms with Gasteiger partial charge in [-0.05, 0) is 49.7 Å².